The molecule has 0 aliphatic carbocycles. The van der Waals surface area contributed by atoms with Crippen LogP contribution in [-0.2, 0) is 6.42 Å². The van der Waals surface area contributed by atoms with E-state index < -0.39 is 0 Å². The van der Waals surface area contributed by atoms with Gasteiger partial charge in [-0.2, -0.15) is 5.21 Å². The number of nitrogens with one attached hydrogen (secondary N) is 1. The number of rotatable bonds is 3. The minimum atomic E-state index is 0.261. The van der Waals surface area contributed by atoms with E-state index in [9.17, 15) is 0 Å². The Morgan fingerprint density at radius 1 is 1.38 bits per heavy atom. The van der Waals surface area contributed by atoms with Gasteiger partial charge in [0.1, 0.15) is 0 Å². The Hall–Kier alpha value is -1.19. The van der Waals surface area contributed by atoms with Gasteiger partial charge in [0.05, 0.1) is 0 Å². The van der Waals surface area contributed by atoms with Crippen molar-refractivity contribution in [3.63, 3.8) is 0 Å². The highest BCUT2D eigenvalue weighted by Gasteiger charge is 2.03. The summed E-state index contributed by atoms with van der Waals surface area (Å²) in [5, 5.41) is 13.7. The van der Waals surface area contributed by atoms with Gasteiger partial charge in [0, 0.05) is 6.42 Å². The topological polar surface area (TPSA) is 54.5 Å². The average molecular weight is 180 g/mol. The van der Waals surface area contributed by atoms with Gasteiger partial charge in [-0.05, 0) is 11.8 Å². The number of hydrogen-bond acceptors (Lipinski definition) is 3. The van der Waals surface area contributed by atoms with Crippen LogP contribution in [0.5, 0.6) is 0 Å². The molecule has 72 valence electrons. The van der Waals surface area contributed by atoms with Crippen molar-refractivity contribution in [1.29, 1.82) is 0 Å². The minimum Gasteiger partial charge on any atom is -0.177 e. The molecule has 0 spiro atoms. The fraction of sp³-hybridized carbons (Fsp3) is 0.667. The molecule has 1 aromatic heterocycles. The van der Waals surface area contributed by atoms with Gasteiger partial charge in [-0.1, -0.05) is 38.1 Å². The maximum atomic E-state index is 3.87. The number of H-pyrrole nitrogens is 1. The molecule has 1 N–H and O–H groups in total. The molecule has 0 atom stereocenters. The maximum absolute atomic E-state index is 3.87. The molecule has 0 saturated heterocycles. The molecule has 0 radical (unpaired) electrons. The van der Waals surface area contributed by atoms with Crippen molar-refractivity contribution in [3.8, 4) is 0 Å². The predicted molar refractivity (Wildman–Crippen MR) is 51.1 cm³/mol. The Balaban J connectivity index is 2.25. The van der Waals surface area contributed by atoms with E-state index in [0.717, 1.165) is 18.7 Å². The summed E-state index contributed by atoms with van der Waals surface area (Å²) in [6.07, 6.45) is 6.18. The van der Waals surface area contributed by atoms with Gasteiger partial charge in [-0.15, -0.1) is 10.2 Å². The first kappa shape index (κ1) is 9.89. The molecule has 0 fully saturated rings. The van der Waals surface area contributed by atoms with E-state index in [4.69, 9.17) is 0 Å². The largest absolute Gasteiger partial charge is 0.177 e. The number of hydrogen-bond donors (Lipinski definition) is 1. The summed E-state index contributed by atoms with van der Waals surface area (Å²) in [7, 11) is 0. The Bertz CT molecular complexity index is 256. The Labute approximate surface area is 78.4 Å². The first-order chi connectivity index (χ1) is 6.08. The second kappa shape index (κ2) is 4.16. The highest BCUT2D eigenvalue weighted by Crippen LogP contribution is 2.14. The molecule has 0 unspecified atom stereocenters. The Morgan fingerprint density at radius 2 is 2.15 bits per heavy atom. The van der Waals surface area contributed by atoms with E-state index in [-0.39, 0.29) is 5.41 Å². The summed E-state index contributed by atoms with van der Waals surface area (Å²) in [6.45, 7) is 6.54. The summed E-state index contributed by atoms with van der Waals surface area (Å²) >= 11 is 0. The Morgan fingerprint density at radius 3 is 2.69 bits per heavy atom. The number of aryl methyl sites for hydroxylation is 1. The lowest BCUT2D eigenvalue weighted by atomic mass is 9.96. The van der Waals surface area contributed by atoms with E-state index in [2.05, 4.69) is 53.5 Å². The van der Waals surface area contributed by atoms with Gasteiger partial charge >= 0.3 is 0 Å². The predicted octanol–water partition coefficient (Wildman–Crippen LogP) is 1.73. The van der Waals surface area contributed by atoms with E-state index in [1.807, 2.05) is 0 Å². The highest BCUT2D eigenvalue weighted by atomic mass is 15.5. The molecule has 4 heteroatoms. The zero-order chi connectivity index (χ0) is 9.73. The number of tetrazole rings is 1. The van der Waals surface area contributed by atoms with Crippen molar-refractivity contribution in [1.82, 2.24) is 20.6 Å². The lowest BCUT2D eigenvalue weighted by Crippen LogP contribution is -1.98. The molecule has 0 aromatic carbocycles. The molecule has 1 rings (SSSR count). The fourth-order valence-corrected chi connectivity index (χ4v) is 0.938. The van der Waals surface area contributed by atoms with Gasteiger partial charge in [-0.3, -0.25) is 0 Å². The maximum Gasteiger partial charge on any atom is 0.174 e. The minimum absolute atomic E-state index is 0.261. The summed E-state index contributed by atoms with van der Waals surface area (Å²) in [6, 6.07) is 0. The third-order valence-corrected chi connectivity index (χ3v) is 1.54. The number of aromatic amines is 1. The Kier molecular flexibility index (Phi) is 3.17. The zero-order valence-electron chi connectivity index (χ0n) is 8.41. The molecule has 1 aromatic rings. The van der Waals surface area contributed by atoms with Crippen molar-refractivity contribution in [3.05, 3.63) is 18.0 Å². The highest BCUT2D eigenvalue weighted by molar-refractivity contribution is 4.93. The van der Waals surface area contributed by atoms with Gasteiger partial charge in [0.25, 0.3) is 0 Å². The van der Waals surface area contributed by atoms with Crippen molar-refractivity contribution >= 4 is 0 Å². The molecule has 0 amide bonds. The number of nitrogens with zero attached hydrogens (tertiary/aromatic N) is 3. The van der Waals surface area contributed by atoms with Crippen LogP contribution < -0.4 is 0 Å². The molecule has 0 bridgehead atoms. The molecular formula is C9H16N4. The van der Waals surface area contributed by atoms with Gasteiger partial charge in [0.2, 0.25) is 0 Å². The monoisotopic (exact) mass is 180 g/mol. The lowest BCUT2D eigenvalue weighted by molar-refractivity contribution is 0.542. The van der Waals surface area contributed by atoms with Crippen LogP contribution in [0.2, 0.25) is 0 Å². The van der Waals surface area contributed by atoms with Gasteiger partial charge < -0.3 is 0 Å². The molecule has 4 nitrogen and oxygen atoms in total. The smallest absolute Gasteiger partial charge is 0.174 e. The SMILES string of the molecule is CC(C)(C)C=CCCc1nn[nH]n1. The normalized spacial score (nSPS) is 12.5. The van der Waals surface area contributed by atoms with Crippen LogP contribution in [0.1, 0.15) is 33.0 Å². The van der Waals surface area contributed by atoms with Crippen LogP contribution in [-0.4, -0.2) is 20.6 Å². The number of allylic oxidation sites excluding steroid dienone is 2. The first-order valence-electron chi connectivity index (χ1n) is 4.48. The van der Waals surface area contributed by atoms with Gasteiger partial charge in [-0.25, -0.2) is 0 Å². The van der Waals surface area contributed by atoms with Crippen molar-refractivity contribution < 1.29 is 0 Å². The molecule has 0 saturated carbocycles. The third-order valence-electron chi connectivity index (χ3n) is 1.54. The first-order valence-corrected chi connectivity index (χ1v) is 4.48. The summed E-state index contributed by atoms with van der Waals surface area (Å²) in [5.74, 6) is 0.776. The zero-order valence-corrected chi connectivity index (χ0v) is 8.41. The lowest BCUT2D eigenvalue weighted by Gasteiger charge is -2.10. The van der Waals surface area contributed by atoms with Crippen molar-refractivity contribution in [2.45, 2.75) is 33.6 Å². The van der Waals surface area contributed by atoms with E-state index in [1.54, 1.807) is 0 Å². The average Bonchev–Trinajstić information content (AvgIpc) is 2.48. The van der Waals surface area contributed by atoms with Crippen LogP contribution in [0.4, 0.5) is 0 Å². The second-order valence-corrected chi connectivity index (χ2v) is 4.14. The van der Waals surface area contributed by atoms with E-state index >= 15 is 0 Å². The van der Waals surface area contributed by atoms with Gasteiger partial charge in [0.15, 0.2) is 5.82 Å². The second-order valence-electron chi connectivity index (χ2n) is 4.14. The molecule has 1 heterocycles. The van der Waals surface area contributed by atoms with E-state index in [0.29, 0.717) is 0 Å². The fourth-order valence-electron chi connectivity index (χ4n) is 0.938. The molecule has 13 heavy (non-hydrogen) atoms. The number of aromatic nitrogens is 4. The summed E-state index contributed by atoms with van der Waals surface area (Å²) < 4.78 is 0. The standard InChI is InChI=1S/C9H16N4/c1-9(2,3)7-5-4-6-8-10-12-13-11-8/h5,7H,4,6H2,1-3H3,(H,10,11,12,13). The quantitative estimate of drug-likeness (QED) is 0.721. The van der Waals surface area contributed by atoms with Crippen LogP contribution in [0.25, 0.3) is 0 Å². The van der Waals surface area contributed by atoms with Crippen molar-refractivity contribution in [2.75, 3.05) is 0 Å². The van der Waals surface area contributed by atoms with Crippen molar-refractivity contribution in [2.24, 2.45) is 5.41 Å². The molecular weight excluding hydrogens is 164 g/mol. The van der Waals surface area contributed by atoms with Crippen LogP contribution >= 0.6 is 0 Å². The van der Waals surface area contributed by atoms with Crippen LogP contribution in [0, 0.1) is 5.41 Å². The third kappa shape index (κ3) is 4.40. The van der Waals surface area contributed by atoms with E-state index in [1.165, 1.54) is 0 Å². The van der Waals surface area contributed by atoms with Crippen LogP contribution in [0.15, 0.2) is 12.2 Å². The molecule has 0 aliphatic rings. The summed E-state index contributed by atoms with van der Waals surface area (Å²) in [5.41, 5.74) is 0.261. The van der Waals surface area contributed by atoms with Crippen LogP contribution in [0.3, 0.4) is 0 Å². The molecule has 0 aliphatic heterocycles. The summed E-state index contributed by atoms with van der Waals surface area (Å²) in [4.78, 5) is 0.